The minimum absolute atomic E-state index is 0.0115. The molecular formula is C15H25N5O2. The molecule has 0 radical (unpaired) electrons. The highest BCUT2D eigenvalue weighted by Crippen LogP contribution is 2.21. The fraction of sp³-hybridized carbons (Fsp3) is 0.667. The van der Waals surface area contributed by atoms with Gasteiger partial charge >= 0.3 is 0 Å². The molecule has 1 saturated heterocycles. The van der Waals surface area contributed by atoms with Crippen molar-refractivity contribution in [2.75, 3.05) is 26.2 Å². The van der Waals surface area contributed by atoms with Gasteiger partial charge in [0.1, 0.15) is 0 Å². The van der Waals surface area contributed by atoms with Crippen LogP contribution >= 0.6 is 0 Å². The molecule has 122 valence electrons. The molecule has 1 aliphatic rings. The lowest BCUT2D eigenvalue weighted by Gasteiger charge is -2.32. The topological polar surface area (TPSA) is 93.2 Å². The van der Waals surface area contributed by atoms with Crippen LogP contribution in [0, 0.1) is 19.8 Å². The largest absolute Gasteiger partial charge is 0.355 e. The van der Waals surface area contributed by atoms with Crippen molar-refractivity contribution in [2.45, 2.75) is 26.7 Å². The van der Waals surface area contributed by atoms with Gasteiger partial charge in [-0.15, -0.1) is 0 Å². The summed E-state index contributed by atoms with van der Waals surface area (Å²) in [6.07, 6.45) is 1.65. The lowest BCUT2D eigenvalue weighted by Crippen LogP contribution is -2.46. The number of nitrogens with one attached hydrogen (secondary N) is 1. The van der Waals surface area contributed by atoms with Gasteiger partial charge in [0.25, 0.3) is 5.91 Å². The van der Waals surface area contributed by atoms with E-state index in [0.717, 1.165) is 24.2 Å². The number of carbonyl (C=O) groups is 2. The number of amides is 2. The Morgan fingerprint density at radius 2 is 2.14 bits per heavy atom. The van der Waals surface area contributed by atoms with E-state index >= 15 is 0 Å². The van der Waals surface area contributed by atoms with Gasteiger partial charge in [-0.05, 0) is 26.7 Å². The number of nitrogens with two attached hydrogens (primary N) is 1. The van der Waals surface area contributed by atoms with Crippen LogP contribution in [0.5, 0.6) is 0 Å². The molecule has 22 heavy (non-hydrogen) atoms. The van der Waals surface area contributed by atoms with Gasteiger partial charge in [0.05, 0.1) is 17.2 Å². The van der Waals surface area contributed by atoms with Crippen LogP contribution < -0.4 is 11.1 Å². The Morgan fingerprint density at radius 1 is 1.41 bits per heavy atom. The molecule has 0 aromatic carbocycles. The maximum Gasteiger partial charge on any atom is 0.257 e. The minimum atomic E-state index is -0.151. The number of aromatic nitrogens is 2. The molecule has 1 fully saturated rings. The highest BCUT2D eigenvalue weighted by molar-refractivity contribution is 5.96. The fourth-order valence-corrected chi connectivity index (χ4v) is 2.96. The van der Waals surface area contributed by atoms with E-state index in [1.807, 2.05) is 20.9 Å². The van der Waals surface area contributed by atoms with E-state index in [4.69, 9.17) is 5.73 Å². The van der Waals surface area contributed by atoms with Gasteiger partial charge in [-0.25, -0.2) is 0 Å². The standard InChI is InChI=1S/C15H25N5O2/c1-10-13(11(2)19(3)18-10)15(22)20-8-4-5-12(9-20)14(21)17-7-6-16/h12H,4-9,16H2,1-3H3,(H,17,21). The van der Waals surface area contributed by atoms with E-state index in [1.165, 1.54) is 0 Å². The van der Waals surface area contributed by atoms with Crippen LogP contribution in [0.4, 0.5) is 0 Å². The van der Waals surface area contributed by atoms with Gasteiger partial charge in [-0.3, -0.25) is 14.3 Å². The number of hydrogen-bond acceptors (Lipinski definition) is 4. The van der Waals surface area contributed by atoms with Crippen LogP contribution in [-0.2, 0) is 11.8 Å². The quantitative estimate of drug-likeness (QED) is 0.816. The number of carbonyl (C=O) groups excluding carboxylic acids is 2. The number of aryl methyl sites for hydroxylation is 2. The zero-order chi connectivity index (χ0) is 16.3. The Morgan fingerprint density at radius 3 is 2.73 bits per heavy atom. The Labute approximate surface area is 130 Å². The number of hydrogen-bond donors (Lipinski definition) is 2. The monoisotopic (exact) mass is 307 g/mol. The maximum absolute atomic E-state index is 12.8. The third-order valence-corrected chi connectivity index (χ3v) is 4.25. The van der Waals surface area contributed by atoms with Crippen molar-refractivity contribution in [1.29, 1.82) is 0 Å². The predicted molar refractivity (Wildman–Crippen MR) is 83.4 cm³/mol. The minimum Gasteiger partial charge on any atom is -0.355 e. The number of rotatable bonds is 4. The summed E-state index contributed by atoms with van der Waals surface area (Å²) in [5.74, 6) is -0.191. The third-order valence-electron chi connectivity index (χ3n) is 4.25. The summed E-state index contributed by atoms with van der Waals surface area (Å²) in [6, 6.07) is 0. The summed E-state index contributed by atoms with van der Waals surface area (Å²) in [4.78, 5) is 26.6. The Balaban J connectivity index is 2.08. The SMILES string of the molecule is Cc1nn(C)c(C)c1C(=O)N1CCCC(C(=O)NCCN)C1. The normalized spacial score (nSPS) is 18.4. The summed E-state index contributed by atoms with van der Waals surface area (Å²) in [7, 11) is 1.83. The van der Waals surface area contributed by atoms with Crippen molar-refractivity contribution in [3.8, 4) is 0 Å². The van der Waals surface area contributed by atoms with Gasteiger partial charge in [0.2, 0.25) is 5.91 Å². The molecule has 7 nitrogen and oxygen atoms in total. The molecule has 1 aromatic rings. The molecular weight excluding hydrogens is 282 g/mol. The first-order valence-electron chi connectivity index (χ1n) is 7.73. The first-order valence-corrected chi connectivity index (χ1v) is 7.73. The van der Waals surface area contributed by atoms with Crippen molar-refractivity contribution >= 4 is 11.8 Å². The molecule has 0 aliphatic carbocycles. The summed E-state index contributed by atoms with van der Waals surface area (Å²) < 4.78 is 1.72. The van der Waals surface area contributed by atoms with Gasteiger partial charge in [-0.2, -0.15) is 5.10 Å². The van der Waals surface area contributed by atoms with Crippen molar-refractivity contribution in [2.24, 2.45) is 18.7 Å². The molecule has 1 aliphatic heterocycles. The predicted octanol–water partition coefficient (Wildman–Crippen LogP) is -0.0360. The fourth-order valence-electron chi connectivity index (χ4n) is 2.96. The van der Waals surface area contributed by atoms with Crippen molar-refractivity contribution in [1.82, 2.24) is 20.0 Å². The molecule has 1 aromatic heterocycles. The Bertz CT molecular complexity index is 567. The molecule has 0 spiro atoms. The van der Waals surface area contributed by atoms with Crippen LogP contribution in [0.25, 0.3) is 0 Å². The first-order chi connectivity index (χ1) is 10.5. The second-order valence-corrected chi connectivity index (χ2v) is 5.84. The van der Waals surface area contributed by atoms with E-state index in [1.54, 1.807) is 9.58 Å². The number of likely N-dealkylation sites (tertiary alicyclic amines) is 1. The van der Waals surface area contributed by atoms with Gasteiger partial charge < -0.3 is 16.0 Å². The zero-order valence-electron chi connectivity index (χ0n) is 13.6. The maximum atomic E-state index is 12.8. The van der Waals surface area contributed by atoms with E-state index in [2.05, 4.69) is 10.4 Å². The van der Waals surface area contributed by atoms with Crippen molar-refractivity contribution < 1.29 is 9.59 Å². The number of nitrogens with zero attached hydrogens (tertiary/aromatic N) is 3. The second-order valence-electron chi connectivity index (χ2n) is 5.84. The molecule has 2 heterocycles. The van der Waals surface area contributed by atoms with Gasteiger partial charge in [0.15, 0.2) is 0 Å². The van der Waals surface area contributed by atoms with E-state index in [0.29, 0.717) is 31.7 Å². The second kappa shape index (κ2) is 6.91. The van der Waals surface area contributed by atoms with Gasteiger partial charge in [0, 0.05) is 38.9 Å². The molecule has 2 amide bonds. The smallest absolute Gasteiger partial charge is 0.257 e. The van der Waals surface area contributed by atoms with Crippen molar-refractivity contribution in [3.05, 3.63) is 17.0 Å². The van der Waals surface area contributed by atoms with Crippen LogP contribution in [0.1, 0.15) is 34.6 Å². The van der Waals surface area contributed by atoms with E-state index in [9.17, 15) is 9.59 Å². The first kappa shape index (κ1) is 16.5. The molecule has 0 saturated carbocycles. The number of piperidine rings is 1. The van der Waals surface area contributed by atoms with Crippen LogP contribution in [0.15, 0.2) is 0 Å². The van der Waals surface area contributed by atoms with Crippen LogP contribution in [-0.4, -0.2) is 52.7 Å². The zero-order valence-corrected chi connectivity index (χ0v) is 13.6. The van der Waals surface area contributed by atoms with Crippen LogP contribution in [0.3, 0.4) is 0 Å². The third kappa shape index (κ3) is 3.30. The highest BCUT2D eigenvalue weighted by atomic mass is 16.2. The summed E-state index contributed by atoms with van der Waals surface area (Å²) in [6.45, 7) is 5.79. The summed E-state index contributed by atoms with van der Waals surface area (Å²) in [5, 5.41) is 7.11. The molecule has 0 bridgehead atoms. The summed E-state index contributed by atoms with van der Waals surface area (Å²) >= 11 is 0. The molecule has 3 N–H and O–H groups in total. The Kier molecular flexibility index (Phi) is 5.18. The average Bonchev–Trinajstić information content (AvgIpc) is 2.77. The lowest BCUT2D eigenvalue weighted by molar-refractivity contribution is -0.126. The molecule has 2 rings (SSSR count). The molecule has 1 unspecified atom stereocenters. The molecule has 7 heteroatoms. The Hall–Kier alpha value is -1.89. The summed E-state index contributed by atoms with van der Waals surface area (Å²) in [5.41, 5.74) is 7.66. The average molecular weight is 307 g/mol. The van der Waals surface area contributed by atoms with E-state index in [-0.39, 0.29) is 17.7 Å². The van der Waals surface area contributed by atoms with Gasteiger partial charge in [-0.1, -0.05) is 0 Å². The van der Waals surface area contributed by atoms with Crippen molar-refractivity contribution in [3.63, 3.8) is 0 Å². The van der Waals surface area contributed by atoms with E-state index < -0.39 is 0 Å². The van der Waals surface area contributed by atoms with Crippen LogP contribution in [0.2, 0.25) is 0 Å². The lowest BCUT2D eigenvalue weighted by atomic mass is 9.96. The molecule has 1 atom stereocenters. The highest BCUT2D eigenvalue weighted by Gasteiger charge is 2.30.